The van der Waals surface area contributed by atoms with Crippen molar-refractivity contribution in [1.29, 1.82) is 0 Å². The Hall–Kier alpha value is -2.86. The van der Waals surface area contributed by atoms with Gasteiger partial charge in [-0.1, -0.05) is 54.6 Å². The summed E-state index contributed by atoms with van der Waals surface area (Å²) in [4.78, 5) is 22.0. The van der Waals surface area contributed by atoms with E-state index in [1.165, 1.54) is 11.1 Å². The first-order valence-electron chi connectivity index (χ1n) is 10.7. The van der Waals surface area contributed by atoms with E-state index >= 15 is 0 Å². The fraction of sp³-hybridized carbons (Fsp3) is 0.417. The SMILES string of the molecule is CN=C(NCC(C(=O)N1CCOCC1)c1ccccc1)N1CCc2ccccc2C1. The number of rotatable bonds is 4. The van der Waals surface area contributed by atoms with Crippen molar-refractivity contribution >= 4 is 11.9 Å². The van der Waals surface area contributed by atoms with E-state index in [0.717, 1.165) is 31.0 Å². The molecule has 0 aliphatic carbocycles. The van der Waals surface area contributed by atoms with E-state index in [2.05, 4.69) is 39.5 Å². The first kappa shape index (κ1) is 20.4. The van der Waals surface area contributed by atoms with Gasteiger partial charge < -0.3 is 19.9 Å². The van der Waals surface area contributed by atoms with Crippen LogP contribution in [0.4, 0.5) is 0 Å². The molecule has 1 atom stereocenters. The van der Waals surface area contributed by atoms with Crippen molar-refractivity contribution in [1.82, 2.24) is 15.1 Å². The summed E-state index contributed by atoms with van der Waals surface area (Å²) < 4.78 is 5.42. The number of amides is 1. The maximum atomic E-state index is 13.3. The number of benzene rings is 2. The Balaban J connectivity index is 1.46. The number of fused-ring (bicyclic) bond motifs is 1. The highest BCUT2D eigenvalue weighted by Crippen LogP contribution is 2.21. The number of carbonyl (C=O) groups excluding carboxylic acids is 1. The summed E-state index contributed by atoms with van der Waals surface area (Å²) in [7, 11) is 1.81. The molecule has 6 nitrogen and oxygen atoms in total. The van der Waals surface area contributed by atoms with Crippen LogP contribution in [0.5, 0.6) is 0 Å². The molecule has 2 aliphatic rings. The third-order valence-corrected chi connectivity index (χ3v) is 5.93. The summed E-state index contributed by atoms with van der Waals surface area (Å²) in [5.74, 6) is 0.745. The molecule has 0 radical (unpaired) electrons. The highest BCUT2D eigenvalue weighted by atomic mass is 16.5. The predicted molar refractivity (Wildman–Crippen MR) is 118 cm³/mol. The van der Waals surface area contributed by atoms with Gasteiger partial charge in [0, 0.05) is 39.8 Å². The van der Waals surface area contributed by atoms with Crippen LogP contribution in [0.25, 0.3) is 0 Å². The van der Waals surface area contributed by atoms with Crippen molar-refractivity contribution in [2.75, 3.05) is 46.4 Å². The lowest BCUT2D eigenvalue weighted by Crippen LogP contribution is -2.48. The van der Waals surface area contributed by atoms with Crippen molar-refractivity contribution in [3.8, 4) is 0 Å². The third-order valence-electron chi connectivity index (χ3n) is 5.93. The van der Waals surface area contributed by atoms with Crippen LogP contribution in [-0.4, -0.2) is 68.1 Å². The lowest BCUT2D eigenvalue weighted by atomic mass is 9.97. The van der Waals surface area contributed by atoms with Crippen LogP contribution in [0.2, 0.25) is 0 Å². The van der Waals surface area contributed by atoms with Gasteiger partial charge in [-0.3, -0.25) is 9.79 Å². The van der Waals surface area contributed by atoms with Crippen molar-refractivity contribution < 1.29 is 9.53 Å². The van der Waals surface area contributed by atoms with Gasteiger partial charge in [0.2, 0.25) is 5.91 Å². The van der Waals surface area contributed by atoms with E-state index in [9.17, 15) is 4.79 Å². The zero-order chi connectivity index (χ0) is 20.8. The second kappa shape index (κ2) is 9.76. The normalized spacial score (nSPS) is 18.0. The van der Waals surface area contributed by atoms with Gasteiger partial charge >= 0.3 is 0 Å². The van der Waals surface area contributed by atoms with Crippen LogP contribution < -0.4 is 5.32 Å². The van der Waals surface area contributed by atoms with Gasteiger partial charge in [0.1, 0.15) is 0 Å². The number of hydrogen-bond acceptors (Lipinski definition) is 3. The summed E-state index contributed by atoms with van der Waals surface area (Å²) in [6.45, 7) is 4.79. The Kier molecular flexibility index (Phi) is 6.64. The van der Waals surface area contributed by atoms with Crippen molar-refractivity contribution in [3.63, 3.8) is 0 Å². The lowest BCUT2D eigenvalue weighted by molar-refractivity contribution is -0.136. The molecule has 4 rings (SSSR count). The average molecular weight is 407 g/mol. The maximum absolute atomic E-state index is 13.3. The molecule has 30 heavy (non-hydrogen) atoms. The Labute approximate surface area is 178 Å². The van der Waals surface area contributed by atoms with Crippen LogP contribution >= 0.6 is 0 Å². The zero-order valence-corrected chi connectivity index (χ0v) is 17.6. The van der Waals surface area contributed by atoms with E-state index < -0.39 is 0 Å². The van der Waals surface area contributed by atoms with Crippen molar-refractivity contribution in [2.45, 2.75) is 18.9 Å². The van der Waals surface area contributed by atoms with Crippen LogP contribution in [0, 0.1) is 0 Å². The van der Waals surface area contributed by atoms with Gasteiger partial charge in [-0.2, -0.15) is 0 Å². The summed E-state index contributed by atoms with van der Waals surface area (Å²) in [5.41, 5.74) is 3.78. The molecule has 2 aromatic carbocycles. The van der Waals surface area contributed by atoms with E-state index in [1.807, 2.05) is 42.3 Å². The number of guanidine groups is 1. The number of aliphatic imine (C=N–C) groups is 1. The smallest absolute Gasteiger partial charge is 0.232 e. The van der Waals surface area contributed by atoms with Gasteiger partial charge in [-0.15, -0.1) is 0 Å². The molecule has 0 saturated carbocycles. The molecule has 0 bridgehead atoms. The summed E-state index contributed by atoms with van der Waals surface area (Å²) in [6, 6.07) is 18.6. The molecule has 1 fully saturated rings. The molecule has 0 spiro atoms. The minimum atomic E-state index is -0.252. The minimum absolute atomic E-state index is 0.149. The van der Waals surface area contributed by atoms with Gasteiger partial charge in [0.25, 0.3) is 0 Å². The van der Waals surface area contributed by atoms with Gasteiger partial charge in [-0.25, -0.2) is 0 Å². The van der Waals surface area contributed by atoms with Crippen LogP contribution in [0.3, 0.4) is 0 Å². The number of carbonyl (C=O) groups is 1. The number of nitrogens with zero attached hydrogens (tertiary/aromatic N) is 3. The van der Waals surface area contributed by atoms with E-state index in [0.29, 0.717) is 32.8 Å². The van der Waals surface area contributed by atoms with Crippen LogP contribution in [0.15, 0.2) is 59.6 Å². The van der Waals surface area contributed by atoms with E-state index in [-0.39, 0.29) is 11.8 Å². The second-order valence-electron chi connectivity index (χ2n) is 7.77. The third kappa shape index (κ3) is 4.65. The largest absolute Gasteiger partial charge is 0.378 e. The molecule has 0 aromatic heterocycles. The highest BCUT2D eigenvalue weighted by Gasteiger charge is 2.28. The fourth-order valence-electron chi connectivity index (χ4n) is 4.24. The molecule has 158 valence electrons. The lowest BCUT2D eigenvalue weighted by Gasteiger charge is -2.34. The van der Waals surface area contributed by atoms with Gasteiger partial charge in [-0.05, 0) is 23.1 Å². The van der Waals surface area contributed by atoms with Crippen molar-refractivity contribution in [3.05, 3.63) is 71.3 Å². The molecular formula is C24H30N4O2. The Morgan fingerprint density at radius 2 is 1.70 bits per heavy atom. The number of ether oxygens (including phenoxy) is 1. The summed E-state index contributed by atoms with van der Waals surface area (Å²) >= 11 is 0. The van der Waals surface area contributed by atoms with Gasteiger partial charge in [0.05, 0.1) is 19.1 Å². The molecule has 2 aromatic rings. The number of morpholine rings is 1. The first-order valence-corrected chi connectivity index (χ1v) is 10.7. The number of nitrogens with one attached hydrogen (secondary N) is 1. The second-order valence-corrected chi connectivity index (χ2v) is 7.77. The highest BCUT2D eigenvalue weighted by molar-refractivity contribution is 5.86. The molecule has 2 aliphatic heterocycles. The first-order chi connectivity index (χ1) is 14.8. The topological polar surface area (TPSA) is 57.2 Å². The molecular weight excluding hydrogens is 376 g/mol. The van der Waals surface area contributed by atoms with Gasteiger partial charge in [0.15, 0.2) is 5.96 Å². The quantitative estimate of drug-likeness (QED) is 0.625. The number of hydrogen-bond donors (Lipinski definition) is 1. The van der Waals surface area contributed by atoms with Crippen molar-refractivity contribution in [2.24, 2.45) is 4.99 Å². The van der Waals surface area contributed by atoms with Crippen LogP contribution in [0.1, 0.15) is 22.6 Å². The predicted octanol–water partition coefficient (Wildman–Crippen LogP) is 2.26. The summed E-state index contributed by atoms with van der Waals surface area (Å²) in [6.07, 6.45) is 1.01. The molecule has 1 amide bonds. The summed E-state index contributed by atoms with van der Waals surface area (Å²) in [5, 5.41) is 3.49. The molecule has 1 N–H and O–H groups in total. The van der Waals surface area contributed by atoms with E-state index in [4.69, 9.17) is 4.74 Å². The van der Waals surface area contributed by atoms with Crippen LogP contribution in [-0.2, 0) is 22.5 Å². The molecule has 2 heterocycles. The molecule has 1 saturated heterocycles. The minimum Gasteiger partial charge on any atom is -0.378 e. The Bertz CT molecular complexity index is 878. The Morgan fingerprint density at radius 3 is 2.43 bits per heavy atom. The monoisotopic (exact) mass is 406 g/mol. The maximum Gasteiger partial charge on any atom is 0.232 e. The Morgan fingerprint density at radius 1 is 1.00 bits per heavy atom. The zero-order valence-electron chi connectivity index (χ0n) is 17.6. The molecule has 1 unspecified atom stereocenters. The average Bonchev–Trinajstić information content (AvgIpc) is 2.82. The standard InChI is InChI=1S/C24H30N4O2/c1-25-24(28-12-11-19-7-5-6-10-21(19)18-28)26-17-22(20-8-3-2-4-9-20)23(29)27-13-15-30-16-14-27/h2-10,22H,11-18H2,1H3,(H,25,26). The van der Waals surface area contributed by atoms with E-state index in [1.54, 1.807) is 0 Å². The molecule has 6 heteroatoms. The fourth-order valence-corrected chi connectivity index (χ4v) is 4.24.